The second kappa shape index (κ2) is 7.43. The number of methoxy groups -OCH3 is 1. The van der Waals surface area contributed by atoms with E-state index < -0.39 is 0 Å². The maximum absolute atomic E-state index is 5.75. The van der Waals surface area contributed by atoms with Crippen LogP contribution in [0.5, 0.6) is 11.5 Å². The molecule has 0 radical (unpaired) electrons. The predicted octanol–water partition coefficient (Wildman–Crippen LogP) is 3.72. The number of rotatable bonds is 7. The van der Waals surface area contributed by atoms with E-state index in [2.05, 4.69) is 24.5 Å². The maximum atomic E-state index is 5.75. The first kappa shape index (κ1) is 15.8. The molecule has 1 heterocycles. The number of hydrogen-bond donors (Lipinski definition) is 1. The Labute approximate surface area is 130 Å². The highest BCUT2D eigenvalue weighted by atomic mass is 32.1. The number of nitrogens with zero attached hydrogens (tertiary/aromatic N) is 1. The van der Waals surface area contributed by atoms with E-state index in [9.17, 15) is 0 Å². The molecule has 0 fully saturated rings. The fraction of sp³-hybridized carbons (Fsp3) is 0.438. The molecule has 21 heavy (non-hydrogen) atoms. The van der Waals surface area contributed by atoms with Crippen LogP contribution in [0.15, 0.2) is 23.6 Å². The van der Waals surface area contributed by atoms with Crippen molar-refractivity contribution in [1.29, 1.82) is 0 Å². The zero-order valence-corrected chi connectivity index (χ0v) is 13.8. The largest absolute Gasteiger partial charge is 0.493 e. The van der Waals surface area contributed by atoms with Crippen LogP contribution in [-0.2, 0) is 6.54 Å². The Morgan fingerprint density at radius 1 is 1.33 bits per heavy atom. The lowest BCUT2D eigenvalue weighted by Crippen LogP contribution is -2.21. The Bertz CT molecular complexity index is 581. The summed E-state index contributed by atoms with van der Waals surface area (Å²) in [6.45, 7) is 7.60. The molecule has 1 aromatic heterocycles. The highest BCUT2D eigenvalue weighted by Crippen LogP contribution is 2.39. The van der Waals surface area contributed by atoms with Crippen LogP contribution in [0.3, 0.4) is 0 Å². The van der Waals surface area contributed by atoms with Crippen LogP contribution in [0.25, 0.3) is 10.6 Å². The molecule has 114 valence electrons. The van der Waals surface area contributed by atoms with Gasteiger partial charge in [0.1, 0.15) is 5.01 Å². The molecule has 0 aliphatic carbocycles. The third kappa shape index (κ3) is 3.95. The lowest BCUT2D eigenvalue weighted by atomic mass is 10.2. The second-order valence-corrected chi connectivity index (χ2v) is 5.81. The highest BCUT2D eigenvalue weighted by molar-refractivity contribution is 7.13. The number of hydrogen-bond acceptors (Lipinski definition) is 5. The van der Waals surface area contributed by atoms with Crippen molar-refractivity contribution in [2.75, 3.05) is 13.7 Å². The van der Waals surface area contributed by atoms with Crippen LogP contribution in [0.1, 0.15) is 26.5 Å². The number of nitrogens with one attached hydrogen (secondary N) is 1. The molecule has 0 aliphatic heterocycles. The smallest absolute Gasteiger partial charge is 0.171 e. The summed E-state index contributed by atoms with van der Waals surface area (Å²) >= 11 is 1.63. The van der Waals surface area contributed by atoms with Gasteiger partial charge in [0, 0.05) is 18.0 Å². The summed E-state index contributed by atoms with van der Waals surface area (Å²) < 4.78 is 11.1. The van der Waals surface area contributed by atoms with E-state index in [0.717, 1.165) is 34.3 Å². The Morgan fingerprint density at radius 2 is 2.14 bits per heavy atom. The van der Waals surface area contributed by atoms with Gasteiger partial charge in [-0.2, -0.15) is 0 Å². The third-order valence-corrected chi connectivity index (χ3v) is 3.89. The summed E-state index contributed by atoms with van der Waals surface area (Å²) in [5.74, 6) is 1.51. The van der Waals surface area contributed by atoms with Crippen molar-refractivity contribution in [2.45, 2.75) is 33.4 Å². The van der Waals surface area contributed by atoms with Gasteiger partial charge in [0.05, 0.1) is 25.0 Å². The van der Waals surface area contributed by atoms with Gasteiger partial charge in [-0.15, -0.1) is 11.3 Å². The average molecular weight is 306 g/mol. The van der Waals surface area contributed by atoms with Crippen molar-refractivity contribution < 1.29 is 9.47 Å². The Hall–Kier alpha value is -1.59. The van der Waals surface area contributed by atoms with Gasteiger partial charge in [-0.05, 0) is 19.1 Å². The molecule has 0 aliphatic rings. The van der Waals surface area contributed by atoms with Crippen molar-refractivity contribution in [2.24, 2.45) is 0 Å². The summed E-state index contributed by atoms with van der Waals surface area (Å²) in [4.78, 5) is 4.69. The van der Waals surface area contributed by atoms with Gasteiger partial charge in [0.15, 0.2) is 11.5 Å². The van der Waals surface area contributed by atoms with Gasteiger partial charge in [0.25, 0.3) is 0 Å². The minimum Gasteiger partial charge on any atom is -0.493 e. The van der Waals surface area contributed by atoms with Gasteiger partial charge in [0.2, 0.25) is 0 Å². The molecule has 0 atom stereocenters. The standard InChI is InChI=1S/C16H22N2O2S/c1-5-20-15-13(7-6-8-14(15)19-4)16-18-12(10-21-16)9-17-11(2)3/h6-8,10-11,17H,5,9H2,1-4H3. The first-order valence-electron chi connectivity index (χ1n) is 7.13. The van der Waals surface area contributed by atoms with Crippen molar-refractivity contribution in [1.82, 2.24) is 10.3 Å². The molecule has 0 amide bonds. The van der Waals surface area contributed by atoms with Crippen molar-refractivity contribution in [3.8, 4) is 22.1 Å². The molecular weight excluding hydrogens is 284 g/mol. The van der Waals surface area contributed by atoms with Crippen molar-refractivity contribution >= 4 is 11.3 Å². The number of ether oxygens (including phenoxy) is 2. The van der Waals surface area contributed by atoms with Gasteiger partial charge < -0.3 is 14.8 Å². The van der Waals surface area contributed by atoms with Crippen LogP contribution in [-0.4, -0.2) is 24.7 Å². The fourth-order valence-electron chi connectivity index (χ4n) is 1.96. The van der Waals surface area contributed by atoms with Gasteiger partial charge in [-0.25, -0.2) is 4.98 Å². The van der Waals surface area contributed by atoms with E-state index in [-0.39, 0.29) is 0 Å². The van der Waals surface area contributed by atoms with Crippen LogP contribution in [0.2, 0.25) is 0 Å². The molecule has 2 aromatic rings. The Morgan fingerprint density at radius 3 is 2.81 bits per heavy atom. The average Bonchev–Trinajstić information content (AvgIpc) is 2.94. The van der Waals surface area contributed by atoms with Crippen LogP contribution in [0.4, 0.5) is 0 Å². The van der Waals surface area contributed by atoms with Crippen LogP contribution >= 0.6 is 11.3 Å². The molecular formula is C16H22N2O2S. The summed E-state index contributed by atoms with van der Waals surface area (Å²) in [6, 6.07) is 6.34. The van der Waals surface area contributed by atoms with E-state index in [1.54, 1.807) is 18.4 Å². The number of aromatic nitrogens is 1. The minimum absolute atomic E-state index is 0.450. The lowest BCUT2D eigenvalue weighted by Gasteiger charge is -2.12. The molecule has 0 saturated carbocycles. The molecule has 0 spiro atoms. The topological polar surface area (TPSA) is 43.4 Å². The fourth-order valence-corrected chi connectivity index (χ4v) is 2.80. The Balaban J connectivity index is 2.29. The molecule has 0 saturated heterocycles. The zero-order chi connectivity index (χ0) is 15.2. The molecule has 1 N–H and O–H groups in total. The van der Waals surface area contributed by atoms with Gasteiger partial charge in [-0.1, -0.05) is 19.9 Å². The zero-order valence-electron chi connectivity index (χ0n) is 13.0. The second-order valence-electron chi connectivity index (χ2n) is 4.95. The normalized spacial score (nSPS) is 10.9. The molecule has 4 nitrogen and oxygen atoms in total. The molecule has 0 unspecified atom stereocenters. The van der Waals surface area contributed by atoms with Crippen molar-refractivity contribution in [3.63, 3.8) is 0 Å². The first-order chi connectivity index (χ1) is 10.2. The monoisotopic (exact) mass is 306 g/mol. The van der Waals surface area contributed by atoms with Crippen molar-refractivity contribution in [3.05, 3.63) is 29.3 Å². The van der Waals surface area contributed by atoms with E-state index in [1.807, 2.05) is 25.1 Å². The molecule has 0 bridgehead atoms. The molecule has 1 aromatic carbocycles. The molecule has 5 heteroatoms. The summed E-state index contributed by atoms with van der Waals surface area (Å²) in [7, 11) is 1.65. The summed E-state index contributed by atoms with van der Waals surface area (Å²) in [5, 5.41) is 6.42. The number of benzene rings is 1. The predicted molar refractivity (Wildman–Crippen MR) is 87.2 cm³/mol. The summed E-state index contributed by atoms with van der Waals surface area (Å²) in [6.07, 6.45) is 0. The van der Waals surface area contributed by atoms with Gasteiger partial charge in [-0.3, -0.25) is 0 Å². The van der Waals surface area contributed by atoms with Crippen LogP contribution in [0, 0.1) is 0 Å². The SMILES string of the molecule is CCOc1c(OC)cccc1-c1nc(CNC(C)C)cs1. The quantitative estimate of drug-likeness (QED) is 0.847. The van der Waals surface area contributed by atoms with E-state index >= 15 is 0 Å². The third-order valence-electron chi connectivity index (χ3n) is 2.96. The van der Waals surface area contributed by atoms with E-state index in [4.69, 9.17) is 14.5 Å². The lowest BCUT2D eigenvalue weighted by molar-refractivity contribution is 0.312. The first-order valence-corrected chi connectivity index (χ1v) is 8.01. The van der Waals surface area contributed by atoms with Crippen LogP contribution < -0.4 is 14.8 Å². The number of thiazole rings is 1. The van der Waals surface area contributed by atoms with Gasteiger partial charge >= 0.3 is 0 Å². The Kier molecular flexibility index (Phi) is 5.59. The van der Waals surface area contributed by atoms with E-state index in [1.165, 1.54) is 0 Å². The maximum Gasteiger partial charge on any atom is 0.171 e. The minimum atomic E-state index is 0.450. The highest BCUT2D eigenvalue weighted by Gasteiger charge is 2.15. The van der Waals surface area contributed by atoms with E-state index in [0.29, 0.717) is 12.6 Å². The number of para-hydroxylation sites is 1. The summed E-state index contributed by atoms with van der Waals surface area (Å²) in [5.41, 5.74) is 2.03. The molecule has 2 rings (SSSR count).